The second kappa shape index (κ2) is 7.63. The first kappa shape index (κ1) is 14.5. The minimum absolute atomic E-state index is 0.337. The molecule has 1 aliphatic rings. The van der Waals surface area contributed by atoms with E-state index in [1.165, 1.54) is 49.9 Å². The van der Waals surface area contributed by atoms with Gasteiger partial charge in [0, 0.05) is 19.7 Å². The van der Waals surface area contributed by atoms with Crippen LogP contribution in [0.2, 0.25) is 0 Å². The average Bonchev–Trinajstić information content (AvgIpc) is 2.71. The van der Waals surface area contributed by atoms with Crippen molar-refractivity contribution in [2.45, 2.75) is 38.3 Å². The maximum absolute atomic E-state index is 6.07. The molecule has 19 heavy (non-hydrogen) atoms. The summed E-state index contributed by atoms with van der Waals surface area (Å²) in [6.45, 7) is 3.69. The molecule has 1 unspecified atom stereocenters. The summed E-state index contributed by atoms with van der Waals surface area (Å²) in [5.41, 5.74) is 8.68. The van der Waals surface area contributed by atoms with Crippen LogP contribution in [0.15, 0.2) is 24.3 Å². The Kier molecular flexibility index (Phi) is 5.83. The van der Waals surface area contributed by atoms with Crippen molar-refractivity contribution in [1.29, 1.82) is 0 Å². The van der Waals surface area contributed by atoms with Gasteiger partial charge in [0.15, 0.2) is 0 Å². The third-order valence-corrected chi connectivity index (χ3v) is 4.02. The summed E-state index contributed by atoms with van der Waals surface area (Å²) in [6, 6.07) is 8.88. The number of methoxy groups -OCH3 is 1. The van der Waals surface area contributed by atoms with Gasteiger partial charge in [-0.2, -0.15) is 0 Å². The molecule has 0 aliphatic carbocycles. The van der Waals surface area contributed by atoms with Crippen LogP contribution >= 0.6 is 0 Å². The molecule has 0 bridgehead atoms. The molecule has 2 N–H and O–H groups in total. The summed E-state index contributed by atoms with van der Waals surface area (Å²) < 4.78 is 5.32. The molecule has 1 heterocycles. The quantitative estimate of drug-likeness (QED) is 0.886. The minimum Gasteiger partial charge on any atom is -0.380 e. The van der Waals surface area contributed by atoms with Crippen LogP contribution in [0.5, 0.6) is 0 Å². The van der Waals surface area contributed by atoms with Crippen LogP contribution in [0.3, 0.4) is 0 Å². The molecule has 0 aromatic heterocycles. The van der Waals surface area contributed by atoms with Crippen LogP contribution in [0.1, 0.15) is 42.9 Å². The molecule has 0 saturated carbocycles. The molecule has 0 spiro atoms. The predicted molar refractivity (Wildman–Crippen MR) is 79.0 cm³/mol. The Labute approximate surface area is 116 Å². The highest BCUT2D eigenvalue weighted by Gasteiger charge is 2.22. The molecule has 106 valence electrons. The lowest BCUT2D eigenvalue weighted by Gasteiger charge is -2.31. The molecule has 1 atom stereocenters. The minimum atomic E-state index is 0.337. The molecule has 0 radical (unpaired) electrons. The number of rotatable bonds is 5. The Balaban J connectivity index is 2.20. The summed E-state index contributed by atoms with van der Waals surface area (Å²) in [6.07, 6.45) is 5.30. The largest absolute Gasteiger partial charge is 0.380 e. The lowest BCUT2D eigenvalue weighted by molar-refractivity contribution is 0.176. The van der Waals surface area contributed by atoms with Crippen LogP contribution in [-0.4, -0.2) is 31.6 Å². The number of nitrogens with two attached hydrogens (primary N) is 1. The van der Waals surface area contributed by atoms with E-state index >= 15 is 0 Å². The van der Waals surface area contributed by atoms with E-state index in [1.54, 1.807) is 7.11 Å². The van der Waals surface area contributed by atoms with Gasteiger partial charge in [0.1, 0.15) is 0 Å². The summed E-state index contributed by atoms with van der Waals surface area (Å²) in [5.74, 6) is 0. The van der Waals surface area contributed by atoms with Crippen molar-refractivity contribution in [3.05, 3.63) is 35.4 Å². The molecule has 1 aromatic rings. The van der Waals surface area contributed by atoms with E-state index in [2.05, 4.69) is 29.2 Å². The lowest BCUT2D eigenvalue weighted by Crippen LogP contribution is -2.35. The highest BCUT2D eigenvalue weighted by Crippen LogP contribution is 2.26. The van der Waals surface area contributed by atoms with Gasteiger partial charge in [-0.1, -0.05) is 37.1 Å². The Morgan fingerprint density at radius 2 is 1.84 bits per heavy atom. The van der Waals surface area contributed by atoms with Gasteiger partial charge >= 0.3 is 0 Å². The van der Waals surface area contributed by atoms with Crippen LogP contribution in [0.4, 0.5) is 0 Å². The standard InChI is InChI=1S/C16H26N2O/c1-19-13-14-8-4-5-9-15(14)16(12-17)18-10-6-2-3-7-11-18/h4-5,8-9,16H,2-3,6-7,10-13,17H2,1H3. The van der Waals surface area contributed by atoms with Gasteiger partial charge in [-0.15, -0.1) is 0 Å². The van der Waals surface area contributed by atoms with Crippen LogP contribution in [0, 0.1) is 0 Å². The van der Waals surface area contributed by atoms with Gasteiger partial charge in [0.2, 0.25) is 0 Å². The van der Waals surface area contributed by atoms with E-state index in [0.717, 1.165) is 0 Å². The van der Waals surface area contributed by atoms with Crippen molar-refractivity contribution in [2.75, 3.05) is 26.7 Å². The number of benzene rings is 1. The van der Waals surface area contributed by atoms with Gasteiger partial charge in [0.25, 0.3) is 0 Å². The monoisotopic (exact) mass is 262 g/mol. The van der Waals surface area contributed by atoms with Crippen LogP contribution in [0.25, 0.3) is 0 Å². The molecule has 1 saturated heterocycles. The van der Waals surface area contributed by atoms with E-state index in [4.69, 9.17) is 10.5 Å². The molecule has 2 rings (SSSR count). The molecule has 0 amide bonds. The van der Waals surface area contributed by atoms with Crippen molar-refractivity contribution in [3.8, 4) is 0 Å². The first-order valence-electron chi connectivity index (χ1n) is 7.37. The van der Waals surface area contributed by atoms with E-state index in [0.29, 0.717) is 19.2 Å². The highest BCUT2D eigenvalue weighted by atomic mass is 16.5. The number of hydrogen-bond acceptors (Lipinski definition) is 3. The zero-order valence-corrected chi connectivity index (χ0v) is 12.0. The number of nitrogens with zero attached hydrogens (tertiary/aromatic N) is 1. The van der Waals surface area contributed by atoms with Crippen molar-refractivity contribution >= 4 is 0 Å². The Hall–Kier alpha value is -0.900. The maximum Gasteiger partial charge on any atom is 0.0716 e. The molecule has 1 fully saturated rings. The second-order valence-electron chi connectivity index (χ2n) is 5.33. The topological polar surface area (TPSA) is 38.5 Å². The van der Waals surface area contributed by atoms with Crippen LogP contribution < -0.4 is 5.73 Å². The fourth-order valence-electron chi connectivity index (χ4n) is 3.03. The SMILES string of the molecule is COCc1ccccc1C(CN)N1CCCCCC1. The molecule has 3 nitrogen and oxygen atoms in total. The normalized spacial score (nSPS) is 19.1. The fourth-order valence-corrected chi connectivity index (χ4v) is 3.03. The van der Waals surface area contributed by atoms with Gasteiger partial charge in [0.05, 0.1) is 6.61 Å². The highest BCUT2D eigenvalue weighted by molar-refractivity contribution is 5.30. The second-order valence-corrected chi connectivity index (χ2v) is 5.33. The summed E-state index contributed by atoms with van der Waals surface area (Å²) in [5, 5.41) is 0. The zero-order chi connectivity index (χ0) is 13.5. The van der Waals surface area contributed by atoms with Crippen molar-refractivity contribution in [3.63, 3.8) is 0 Å². The van der Waals surface area contributed by atoms with E-state index in [-0.39, 0.29) is 0 Å². The fraction of sp³-hybridized carbons (Fsp3) is 0.625. The van der Waals surface area contributed by atoms with E-state index in [1.807, 2.05) is 0 Å². The third-order valence-electron chi connectivity index (χ3n) is 4.02. The maximum atomic E-state index is 6.07. The first-order valence-corrected chi connectivity index (χ1v) is 7.37. The number of ether oxygens (including phenoxy) is 1. The molecular formula is C16H26N2O. The van der Waals surface area contributed by atoms with Crippen molar-refractivity contribution < 1.29 is 4.74 Å². The third kappa shape index (κ3) is 3.78. The van der Waals surface area contributed by atoms with Gasteiger partial charge in [-0.3, -0.25) is 4.90 Å². The molecule has 3 heteroatoms. The van der Waals surface area contributed by atoms with Crippen molar-refractivity contribution in [2.24, 2.45) is 5.73 Å². The summed E-state index contributed by atoms with van der Waals surface area (Å²) in [4.78, 5) is 2.56. The molecule has 1 aromatic carbocycles. The van der Waals surface area contributed by atoms with E-state index < -0.39 is 0 Å². The smallest absolute Gasteiger partial charge is 0.0716 e. The summed E-state index contributed by atoms with van der Waals surface area (Å²) in [7, 11) is 1.75. The Morgan fingerprint density at radius 3 is 2.47 bits per heavy atom. The van der Waals surface area contributed by atoms with Gasteiger partial charge in [-0.05, 0) is 37.1 Å². The number of hydrogen-bond donors (Lipinski definition) is 1. The number of likely N-dealkylation sites (tertiary alicyclic amines) is 1. The predicted octanol–water partition coefficient (Wildman–Crippen LogP) is 2.71. The van der Waals surface area contributed by atoms with E-state index in [9.17, 15) is 0 Å². The average molecular weight is 262 g/mol. The van der Waals surface area contributed by atoms with Gasteiger partial charge < -0.3 is 10.5 Å². The molecule has 1 aliphatic heterocycles. The van der Waals surface area contributed by atoms with Crippen molar-refractivity contribution in [1.82, 2.24) is 4.90 Å². The first-order chi connectivity index (χ1) is 9.36. The Bertz CT molecular complexity index is 373. The van der Waals surface area contributed by atoms with Crippen LogP contribution in [-0.2, 0) is 11.3 Å². The lowest BCUT2D eigenvalue weighted by atomic mass is 9.99. The summed E-state index contributed by atoms with van der Waals surface area (Å²) >= 11 is 0. The van der Waals surface area contributed by atoms with Gasteiger partial charge in [-0.25, -0.2) is 0 Å². The Morgan fingerprint density at radius 1 is 1.16 bits per heavy atom. The zero-order valence-electron chi connectivity index (χ0n) is 12.0. The molecular weight excluding hydrogens is 236 g/mol.